The average molecular weight is 523 g/mol. The van der Waals surface area contributed by atoms with E-state index in [9.17, 15) is 39.3 Å². The van der Waals surface area contributed by atoms with E-state index in [1.165, 1.54) is 24.3 Å². The van der Waals surface area contributed by atoms with Crippen LogP contribution < -0.4 is 21.7 Å². The van der Waals surface area contributed by atoms with E-state index in [2.05, 4.69) is 16.0 Å². The summed E-state index contributed by atoms with van der Waals surface area (Å²) in [4.78, 5) is 61.5. The highest BCUT2D eigenvalue weighted by atomic mass is 16.4. The number of benzene rings is 1. The number of hydrogen-bond donors (Lipinski definition) is 7. The smallest absolute Gasteiger partial charge is 0.326 e. The molecule has 0 radical (unpaired) electrons. The van der Waals surface area contributed by atoms with E-state index in [1.54, 1.807) is 0 Å². The molecule has 0 aliphatic rings. The third kappa shape index (κ3) is 11.7. The van der Waals surface area contributed by atoms with Crippen molar-refractivity contribution in [1.82, 2.24) is 16.0 Å². The fraction of sp³-hybridized carbons (Fsp3) is 0.560. The summed E-state index contributed by atoms with van der Waals surface area (Å²) in [6.07, 6.45) is -0.358. The van der Waals surface area contributed by atoms with Gasteiger partial charge in [-0.2, -0.15) is 0 Å². The van der Waals surface area contributed by atoms with Crippen molar-refractivity contribution in [3.05, 3.63) is 29.8 Å². The van der Waals surface area contributed by atoms with E-state index >= 15 is 0 Å². The molecule has 0 heterocycles. The SMILES string of the molecule is CC(C)CC(N)C(=O)NC(CC(C)C)C(=O)NC(CC(=O)O)C(=O)NC(Cc1ccc(O)cc1)C(=O)O. The van der Waals surface area contributed by atoms with E-state index in [0.717, 1.165) is 0 Å². The Morgan fingerprint density at radius 3 is 1.73 bits per heavy atom. The number of carbonyl (C=O) groups excluding carboxylic acids is 3. The standard InChI is InChI=1S/C25H38N4O8/c1-13(2)9-17(26)22(33)27-18(10-14(3)4)23(34)28-19(12-21(31)32)24(35)29-20(25(36)37)11-15-5-7-16(30)8-6-15/h5-8,13-14,17-20,30H,9-12,26H2,1-4H3,(H,27,33)(H,28,34)(H,29,35)(H,31,32)(H,36,37). The number of nitrogens with two attached hydrogens (primary N) is 1. The van der Waals surface area contributed by atoms with Gasteiger partial charge in [0.05, 0.1) is 12.5 Å². The van der Waals surface area contributed by atoms with Crippen molar-refractivity contribution in [3.8, 4) is 5.75 Å². The summed E-state index contributed by atoms with van der Waals surface area (Å²) < 4.78 is 0. The second-order valence-electron chi connectivity index (χ2n) is 9.86. The van der Waals surface area contributed by atoms with Crippen molar-refractivity contribution in [3.63, 3.8) is 0 Å². The normalized spacial score (nSPS) is 14.4. The van der Waals surface area contributed by atoms with Gasteiger partial charge in [-0.15, -0.1) is 0 Å². The van der Waals surface area contributed by atoms with Gasteiger partial charge in [0.15, 0.2) is 0 Å². The monoisotopic (exact) mass is 522 g/mol. The van der Waals surface area contributed by atoms with Crippen LogP contribution in [-0.2, 0) is 30.4 Å². The van der Waals surface area contributed by atoms with Crippen LogP contribution in [-0.4, -0.2) is 69.1 Å². The van der Waals surface area contributed by atoms with E-state index in [0.29, 0.717) is 12.0 Å². The number of aromatic hydroxyl groups is 1. The van der Waals surface area contributed by atoms with Crippen molar-refractivity contribution in [2.24, 2.45) is 17.6 Å². The second-order valence-corrected chi connectivity index (χ2v) is 9.86. The lowest BCUT2D eigenvalue weighted by Crippen LogP contribution is -2.58. The molecule has 0 saturated carbocycles. The lowest BCUT2D eigenvalue weighted by Gasteiger charge is -2.25. The van der Waals surface area contributed by atoms with Gasteiger partial charge < -0.3 is 37.0 Å². The first-order chi connectivity index (χ1) is 17.2. The number of phenols is 1. The summed E-state index contributed by atoms with van der Waals surface area (Å²) in [5.74, 6) is -5.01. The fourth-order valence-corrected chi connectivity index (χ4v) is 3.59. The molecular formula is C25H38N4O8. The van der Waals surface area contributed by atoms with Gasteiger partial charge in [0.25, 0.3) is 0 Å². The first-order valence-electron chi connectivity index (χ1n) is 12.1. The first kappa shape index (κ1) is 31.4. The topological polar surface area (TPSA) is 208 Å². The highest BCUT2D eigenvalue weighted by molar-refractivity contribution is 5.95. The summed E-state index contributed by atoms with van der Waals surface area (Å²) in [6, 6.07) is 0.736. The van der Waals surface area contributed by atoms with Crippen molar-refractivity contribution >= 4 is 29.7 Å². The van der Waals surface area contributed by atoms with Gasteiger partial charge in [-0.25, -0.2) is 4.79 Å². The van der Waals surface area contributed by atoms with E-state index < -0.39 is 60.2 Å². The van der Waals surface area contributed by atoms with Crippen LogP contribution in [0.5, 0.6) is 5.75 Å². The molecule has 0 aliphatic heterocycles. The lowest BCUT2D eigenvalue weighted by atomic mass is 10.00. The van der Waals surface area contributed by atoms with Crippen molar-refractivity contribution in [2.75, 3.05) is 0 Å². The molecule has 3 amide bonds. The van der Waals surface area contributed by atoms with Crippen molar-refractivity contribution < 1.29 is 39.3 Å². The van der Waals surface area contributed by atoms with Gasteiger partial charge in [-0.1, -0.05) is 39.8 Å². The number of aliphatic carboxylic acids is 2. The van der Waals surface area contributed by atoms with Gasteiger partial charge in [0.1, 0.15) is 23.9 Å². The number of carboxylic acid groups (broad SMARTS) is 2. The Balaban J connectivity index is 3.02. The van der Waals surface area contributed by atoms with Gasteiger partial charge in [0, 0.05) is 6.42 Å². The summed E-state index contributed by atoms with van der Waals surface area (Å²) in [5.41, 5.74) is 6.41. The summed E-state index contributed by atoms with van der Waals surface area (Å²) in [5, 5.41) is 35.4. The maximum Gasteiger partial charge on any atom is 0.326 e. The first-order valence-corrected chi connectivity index (χ1v) is 12.1. The Morgan fingerprint density at radius 2 is 1.24 bits per heavy atom. The molecular weight excluding hydrogens is 484 g/mol. The molecule has 0 bridgehead atoms. The van der Waals surface area contributed by atoms with Crippen LogP contribution in [0.2, 0.25) is 0 Å². The van der Waals surface area contributed by atoms with Crippen LogP contribution in [0.1, 0.15) is 52.5 Å². The fourth-order valence-electron chi connectivity index (χ4n) is 3.59. The average Bonchev–Trinajstić information content (AvgIpc) is 2.77. The molecule has 8 N–H and O–H groups in total. The van der Waals surface area contributed by atoms with E-state index in [4.69, 9.17) is 5.73 Å². The third-order valence-electron chi connectivity index (χ3n) is 5.40. The quantitative estimate of drug-likeness (QED) is 0.169. The molecule has 4 atom stereocenters. The molecule has 0 spiro atoms. The maximum atomic E-state index is 13.0. The highest BCUT2D eigenvalue weighted by Crippen LogP contribution is 2.12. The summed E-state index contributed by atoms with van der Waals surface area (Å²) in [7, 11) is 0. The van der Waals surface area contributed by atoms with Crippen LogP contribution in [0, 0.1) is 11.8 Å². The van der Waals surface area contributed by atoms with E-state index in [-0.39, 0.29) is 30.4 Å². The van der Waals surface area contributed by atoms with Crippen LogP contribution in [0.25, 0.3) is 0 Å². The summed E-state index contributed by atoms with van der Waals surface area (Å²) in [6.45, 7) is 7.44. The van der Waals surface area contributed by atoms with Crippen molar-refractivity contribution in [2.45, 2.75) is 77.5 Å². The zero-order valence-corrected chi connectivity index (χ0v) is 21.6. The Bertz CT molecular complexity index is 949. The Kier molecular flexibility index (Phi) is 12.5. The lowest BCUT2D eigenvalue weighted by molar-refractivity contribution is -0.143. The molecule has 12 heteroatoms. The predicted octanol–water partition coefficient (Wildman–Crippen LogP) is 0.368. The van der Waals surface area contributed by atoms with Crippen molar-refractivity contribution in [1.29, 1.82) is 0 Å². The van der Waals surface area contributed by atoms with Crippen LogP contribution in [0.3, 0.4) is 0 Å². The largest absolute Gasteiger partial charge is 0.508 e. The molecule has 1 aromatic carbocycles. The Hall–Kier alpha value is -3.67. The van der Waals surface area contributed by atoms with E-state index in [1.807, 2.05) is 27.7 Å². The third-order valence-corrected chi connectivity index (χ3v) is 5.40. The number of nitrogens with one attached hydrogen (secondary N) is 3. The van der Waals surface area contributed by atoms with Crippen LogP contribution in [0.15, 0.2) is 24.3 Å². The molecule has 0 aliphatic carbocycles. The maximum absolute atomic E-state index is 13.0. The minimum Gasteiger partial charge on any atom is -0.508 e. The molecule has 206 valence electrons. The number of rotatable bonds is 15. The molecule has 1 aromatic rings. The molecule has 0 saturated heterocycles. The molecule has 37 heavy (non-hydrogen) atoms. The molecule has 4 unspecified atom stereocenters. The van der Waals surface area contributed by atoms with Gasteiger partial charge in [0.2, 0.25) is 17.7 Å². The Morgan fingerprint density at radius 1 is 0.757 bits per heavy atom. The number of phenolic OH excluding ortho intramolecular Hbond substituents is 1. The van der Waals surface area contributed by atoms with Crippen LogP contribution in [0.4, 0.5) is 0 Å². The number of carbonyl (C=O) groups is 5. The minimum atomic E-state index is -1.59. The molecule has 0 fully saturated rings. The van der Waals surface area contributed by atoms with Crippen LogP contribution >= 0.6 is 0 Å². The minimum absolute atomic E-state index is 0.0166. The summed E-state index contributed by atoms with van der Waals surface area (Å²) >= 11 is 0. The zero-order chi connectivity index (χ0) is 28.3. The molecule has 0 aromatic heterocycles. The predicted molar refractivity (Wildman–Crippen MR) is 134 cm³/mol. The van der Waals surface area contributed by atoms with Gasteiger partial charge >= 0.3 is 11.9 Å². The van der Waals surface area contributed by atoms with Gasteiger partial charge in [-0.3, -0.25) is 19.2 Å². The zero-order valence-electron chi connectivity index (χ0n) is 21.6. The highest BCUT2D eigenvalue weighted by Gasteiger charge is 2.32. The number of amides is 3. The second kappa shape index (κ2) is 14.8. The number of carboxylic acids is 2. The number of hydrogen-bond acceptors (Lipinski definition) is 7. The molecule has 1 rings (SSSR count). The Labute approximate surface area is 216 Å². The molecule has 12 nitrogen and oxygen atoms in total. The van der Waals surface area contributed by atoms with Gasteiger partial charge in [-0.05, 0) is 42.4 Å².